The first-order valence-corrected chi connectivity index (χ1v) is 8.29. The number of hydrogen-bond donors (Lipinski definition) is 2. The number of benzene rings is 1. The first-order chi connectivity index (χ1) is 10.2. The molecule has 0 bridgehead atoms. The first-order valence-electron chi connectivity index (χ1n) is 7.31. The molecule has 0 unspecified atom stereocenters. The zero-order valence-corrected chi connectivity index (χ0v) is 12.9. The van der Waals surface area contributed by atoms with Crippen LogP contribution in [0.1, 0.15) is 38.2 Å². The van der Waals surface area contributed by atoms with Crippen LogP contribution in [0.4, 0.5) is 5.69 Å². The normalized spacial score (nSPS) is 21.5. The maximum atomic E-state index is 11.0. The van der Waals surface area contributed by atoms with Crippen LogP contribution in [0.2, 0.25) is 0 Å². The molecule has 0 radical (unpaired) electrons. The number of carbonyl (C=O) groups is 1. The Bertz CT molecular complexity index is 546. The third-order valence-corrected chi connectivity index (χ3v) is 4.81. The van der Waals surface area contributed by atoms with Crippen molar-refractivity contribution in [3.05, 3.63) is 23.8 Å². The molecule has 0 amide bonds. The molecule has 0 aromatic heterocycles. The van der Waals surface area contributed by atoms with E-state index in [1.165, 1.54) is 0 Å². The van der Waals surface area contributed by atoms with E-state index in [1.807, 2.05) is 18.2 Å². The highest BCUT2D eigenvalue weighted by Crippen LogP contribution is 2.31. The van der Waals surface area contributed by atoms with Crippen LogP contribution in [-0.4, -0.2) is 22.9 Å². The van der Waals surface area contributed by atoms with Gasteiger partial charge in [0.05, 0.1) is 17.2 Å². The molecular weight excluding hydrogens is 284 g/mol. The average Bonchev–Trinajstić information content (AvgIpc) is 2.48. The molecule has 21 heavy (non-hydrogen) atoms. The van der Waals surface area contributed by atoms with Crippen molar-refractivity contribution in [2.24, 2.45) is 5.92 Å². The lowest BCUT2D eigenvalue weighted by Crippen LogP contribution is -2.29. The molecule has 112 valence electrons. The Morgan fingerprint density at radius 3 is 2.71 bits per heavy atom. The van der Waals surface area contributed by atoms with Gasteiger partial charge in [0.1, 0.15) is 6.07 Å². The van der Waals surface area contributed by atoms with Crippen molar-refractivity contribution in [3.8, 4) is 6.07 Å². The van der Waals surface area contributed by atoms with E-state index in [0.717, 1.165) is 29.2 Å². The van der Waals surface area contributed by atoms with Crippen molar-refractivity contribution >= 4 is 23.4 Å². The van der Waals surface area contributed by atoms with Crippen molar-refractivity contribution in [2.75, 3.05) is 11.1 Å². The van der Waals surface area contributed by atoms with Crippen LogP contribution in [0, 0.1) is 17.2 Å². The highest BCUT2D eigenvalue weighted by atomic mass is 32.2. The van der Waals surface area contributed by atoms with Crippen molar-refractivity contribution in [1.29, 1.82) is 5.26 Å². The Hall–Kier alpha value is -1.67. The molecule has 1 fully saturated rings. The quantitative estimate of drug-likeness (QED) is 0.811. The predicted molar refractivity (Wildman–Crippen MR) is 84.6 cm³/mol. The second kappa shape index (κ2) is 7.37. The van der Waals surface area contributed by atoms with Crippen LogP contribution in [-0.2, 0) is 4.79 Å². The van der Waals surface area contributed by atoms with Crippen LogP contribution in [0.15, 0.2) is 23.1 Å². The summed E-state index contributed by atoms with van der Waals surface area (Å²) in [4.78, 5) is 12.0. The van der Waals surface area contributed by atoms with Crippen molar-refractivity contribution in [3.63, 3.8) is 0 Å². The van der Waals surface area contributed by atoms with Gasteiger partial charge in [-0.2, -0.15) is 5.26 Å². The molecule has 0 spiro atoms. The molecule has 1 aliphatic carbocycles. The second-order valence-electron chi connectivity index (χ2n) is 5.25. The number of nitrogens with zero attached hydrogens (tertiary/aromatic N) is 1. The van der Waals surface area contributed by atoms with E-state index in [-0.39, 0.29) is 12.0 Å². The number of thioether (sulfide) groups is 1. The molecule has 0 saturated heterocycles. The van der Waals surface area contributed by atoms with Crippen molar-refractivity contribution in [2.45, 2.75) is 43.5 Å². The van der Waals surface area contributed by atoms with E-state index in [0.29, 0.717) is 18.4 Å². The number of aliphatic carboxylic acids is 1. The second-order valence-corrected chi connectivity index (χ2v) is 6.56. The minimum atomic E-state index is -0.687. The van der Waals surface area contributed by atoms with Crippen molar-refractivity contribution < 1.29 is 9.90 Å². The van der Waals surface area contributed by atoms with Gasteiger partial charge in [-0.3, -0.25) is 4.79 Å². The number of hydrogen-bond acceptors (Lipinski definition) is 4. The van der Waals surface area contributed by atoms with E-state index in [2.05, 4.69) is 18.3 Å². The molecular formula is C16H20N2O2S. The number of anilines is 1. The summed E-state index contributed by atoms with van der Waals surface area (Å²) in [5.74, 6) is 0.0370. The number of carboxylic acid groups (broad SMARTS) is 1. The van der Waals surface area contributed by atoms with E-state index >= 15 is 0 Å². The lowest BCUT2D eigenvalue weighted by molar-refractivity contribution is -0.142. The molecule has 2 N–H and O–H groups in total. The summed E-state index contributed by atoms with van der Waals surface area (Å²) < 4.78 is 0. The Morgan fingerprint density at radius 2 is 2.14 bits per heavy atom. The van der Waals surface area contributed by atoms with Gasteiger partial charge in [-0.15, -0.1) is 11.8 Å². The number of carboxylic acids is 1. The monoisotopic (exact) mass is 304 g/mol. The summed E-state index contributed by atoms with van der Waals surface area (Å²) >= 11 is 1.67. The van der Waals surface area contributed by atoms with Gasteiger partial charge < -0.3 is 10.4 Å². The zero-order valence-electron chi connectivity index (χ0n) is 12.1. The summed E-state index contributed by atoms with van der Waals surface area (Å²) in [5, 5.41) is 21.8. The maximum Gasteiger partial charge on any atom is 0.306 e. The van der Waals surface area contributed by atoms with E-state index in [4.69, 9.17) is 5.11 Å². The van der Waals surface area contributed by atoms with Gasteiger partial charge in [-0.1, -0.05) is 13.0 Å². The predicted octanol–water partition coefficient (Wildman–Crippen LogP) is 3.73. The molecule has 2 rings (SSSR count). The van der Waals surface area contributed by atoms with E-state index in [1.54, 1.807) is 11.8 Å². The lowest BCUT2D eigenvalue weighted by Gasteiger charge is -2.28. The van der Waals surface area contributed by atoms with Crippen LogP contribution >= 0.6 is 11.8 Å². The van der Waals surface area contributed by atoms with Gasteiger partial charge in [0.15, 0.2) is 0 Å². The molecule has 4 nitrogen and oxygen atoms in total. The maximum absolute atomic E-state index is 11.0. The summed E-state index contributed by atoms with van der Waals surface area (Å²) in [6, 6.07) is 8.41. The fraction of sp³-hybridized carbons (Fsp3) is 0.500. The first kappa shape index (κ1) is 15.7. The average molecular weight is 304 g/mol. The molecule has 1 aliphatic rings. The number of rotatable bonds is 5. The topological polar surface area (TPSA) is 73.1 Å². The molecule has 1 aromatic rings. The molecule has 1 saturated carbocycles. The van der Waals surface area contributed by atoms with E-state index in [9.17, 15) is 10.1 Å². The van der Waals surface area contributed by atoms with Crippen LogP contribution in [0.25, 0.3) is 0 Å². The highest BCUT2D eigenvalue weighted by molar-refractivity contribution is 7.99. The minimum Gasteiger partial charge on any atom is -0.481 e. The molecule has 5 heteroatoms. The van der Waals surface area contributed by atoms with Gasteiger partial charge in [0, 0.05) is 10.9 Å². The summed E-state index contributed by atoms with van der Waals surface area (Å²) in [5.41, 5.74) is 1.57. The minimum absolute atomic E-state index is 0.208. The Morgan fingerprint density at radius 1 is 1.43 bits per heavy atom. The van der Waals surface area contributed by atoms with E-state index < -0.39 is 5.97 Å². The lowest BCUT2D eigenvalue weighted by atomic mass is 9.86. The van der Waals surface area contributed by atoms with Gasteiger partial charge >= 0.3 is 5.97 Å². The Balaban J connectivity index is 2.05. The van der Waals surface area contributed by atoms with Gasteiger partial charge in [-0.25, -0.2) is 0 Å². The third kappa shape index (κ3) is 3.92. The summed E-state index contributed by atoms with van der Waals surface area (Å²) in [7, 11) is 0. The van der Waals surface area contributed by atoms with Crippen LogP contribution in [0.3, 0.4) is 0 Å². The fourth-order valence-corrected chi connectivity index (χ4v) is 3.53. The number of nitrogens with one attached hydrogen (secondary N) is 1. The third-order valence-electron chi connectivity index (χ3n) is 3.87. The van der Waals surface area contributed by atoms with Crippen LogP contribution in [0.5, 0.6) is 0 Å². The molecule has 0 atom stereocenters. The van der Waals surface area contributed by atoms with Crippen molar-refractivity contribution in [1.82, 2.24) is 0 Å². The number of nitriles is 1. The summed E-state index contributed by atoms with van der Waals surface area (Å²) in [6.07, 6.45) is 3.09. The molecule has 0 aliphatic heterocycles. The van der Waals surface area contributed by atoms with Gasteiger partial charge in [0.2, 0.25) is 0 Å². The highest BCUT2D eigenvalue weighted by Gasteiger charge is 2.26. The Labute approximate surface area is 129 Å². The Kier molecular flexibility index (Phi) is 5.51. The summed E-state index contributed by atoms with van der Waals surface area (Å²) in [6.45, 7) is 2.07. The van der Waals surface area contributed by atoms with Crippen LogP contribution < -0.4 is 5.32 Å². The molecule has 1 aromatic carbocycles. The smallest absolute Gasteiger partial charge is 0.306 e. The zero-order chi connectivity index (χ0) is 15.2. The standard InChI is InChI=1S/C16H20N2O2S/c1-2-21-15-5-3-4-14(13(15)10-17)18-12-8-6-11(7-9-12)16(19)20/h3-5,11-12,18H,2,6-9H2,1H3,(H,19,20). The fourth-order valence-electron chi connectivity index (χ4n) is 2.75. The molecule has 0 heterocycles. The SMILES string of the molecule is CCSc1cccc(NC2CCC(C(=O)O)CC2)c1C#N. The largest absolute Gasteiger partial charge is 0.481 e. The van der Waals surface area contributed by atoms with Gasteiger partial charge in [-0.05, 0) is 43.6 Å². The van der Waals surface area contributed by atoms with Gasteiger partial charge in [0.25, 0.3) is 0 Å².